The van der Waals surface area contributed by atoms with Gasteiger partial charge in [0.2, 0.25) is 5.91 Å². The molecular weight excluding hydrogens is 252 g/mol. The van der Waals surface area contributed by atoms with Gasteiger partial charge in [0.1, 0.15) is 17.0 Å². The number of anilines is 2. The summed E-state index contributed by atoms with van der Waals surface area (Å²) < 4.78 is 1.87. The highest BCUT2D eigenvalue weighted by Crippen LogP contribution is 2.41. The van der Waals surface area contributed by atoms with E-state index in [0.29, 0.717) is 0 Å². The van der Waals surface area contributed by atoms with Crippen LogP contribution in [0.1, 0.15) is 51.6 Å². The zero-order valence-electron chi connectivity index (χ0n) is 12.6. The van der Waals surface area contributed by atoms with Crippen LogP contribution >= 0.6 is 0 Å². The van der Waals surface area contributed by atoms with Crippen LogP contribution in [0.5, 0.6) is 0 Å². The second-order valence-corrected chi connectivity index (χ2v) is 6.39. The predicted molar refractivity (Wildman–Crippen MR) is 79.8 cm³/mol. The highest BCUT2D eigenvalue weighted by atomic mass is 16.2. The highest BCUT2D eigenvalue weighted by molar-refractivity contribution is 6.06. The van der Waals surface area contributed by atoms with Crippen LogP contribution < -0.4 is 10.6 Å². The molecule has 1 aliphatic carbocycles. The van der Waals surface area contributed by atoms with Crippen LogP contribution in [0.4, 0.5) is 11.5 Å². The van der Waals surface area contributed by atoms with E-state index in [1.54, 1.807) is 0 Å². The minimum absolute atomic E-state index is 0.127. The van der Waals surface area contributed by atoms with E-state index >= 15 is 0 Å². The van der Waals surface area contributed by atoms with Crippen LogP contribution in [0.15, 0.2) is 0 Å². The van der Waals surface area contributed by atoms with Gasteiger partial charge in [0.15, 0.2) is 0 Å². The molecule has 1 aromatic heterocycles. The molecular formula is C15H24N4O. The van der Waals surface area contributed by atoms with E-state index in [1.165, 1.54) is 0 Å². The molecule has 2 heterocycles. The Hall–Kier alpha value is -1.52. The summed E-state index contributed by atoms with van der Waals surface area (Å²) in [7, 11) is 1.95. The topological polar surface area (TPSA) is 59.0 Å². The Bertz CT molecular complexity index is 526. The van der Waals surface area contributed by atoms with Crippen molar-refractivity contribution in [2.45, 2.75) is 57.9 Å². The van der Waals surface area contributed by atoms with Crippen molar-refractivity contribution in [2.24, 2.45) is 13.0 Å². The summed E-state index contributed by atoms with van der Waals surface area (Å²) >= 11 is 0. The molecule has 1 aliphatic heterocycles. The van der Waals surface area contributed by atoms with Crippen molar-refractivity contribution in [1.82, 2.24) is 9.78 Å². The van der Waals surface area contributed by atoms with E-state index in [9.17, 15) is 4.79 Å². The van der Waals surface area contributed by atoms with Crippen LogP contribution in [-0.4, -0.2) is 21.2 Å². The molecule has 3 rings (SSSR count). The number of rotatable bonds is 2. The number of carbonyl (C=O) groups is 1. The Morgan fingerprint density at radius 3 is 2.75 bits per heavy atom. The first kappa shape index (κ1) is 13.5. The highest BCUT2D eigenvalue weighted by Gasteiger charge is 2.45. The minimum Gasteiger partial charge on any atom is -0.354 e. The Labute approximate surface area is 120 Å². The molecule has 2 N–H and O–H groups in total. The first-order valence-corrected chi connectivity index (χ1v) is 7.71. The lowest BCUT2D eigenvalue weighted by atomic mass is 9.75. The second-order valence-electron chi connectivity index (χ2n) is 6.39. The maximum Gasteiger partial charge on any atom is 0.250 e. The van der Waals surface area contributed by atoms with E-state index in [1.807, 2.05) is 11.7 Å². The van der Waals surface area contributed by atoms with Crippen LogP contribution in [0.3, 0.4) is 0 Å². The zero-order chi connectivity index (χ0) is 14.3. The third-order valence-electron chi connectivity index (χ3n) is 4.77. The number of nitrogens with zero attached hydrogens (tertiary/aromatic N) is 2. The van der Waals surface area contributed by atoms with Crippen molar-refractivity contribution in [3.8, 4) is 0 Å². The van der Waals surface area contributed by atoms with Crippen LogP contribution in [0.25, 0.3) is 0 Å². The Morgan fingerprint density at radius 1 is 1.40 bits per heavy atom. The third-order valence-corrected chi connectivity index (χ3v) is 4.77. The number of hydrogen-bond donors (Lipinski definition) is 2. The normalized spacial score (nSPS) is 28.9. The largest absolute Gasteiger partial charge is 0.354 e. The molecule has 0 aromatic carbocycles. The Kier molecular flexibility index (Phi) is 3.22. The van der Waals surface area contributed by atoms with E-state index in [2.05, 4.69) is 29.6 Å². The van der Waals surface area contributed by atoms with Crippen LogP contribution in [-0.2, 0) is 18.3 Å². The predicted octanol–water partition coefficient (Wildman–Crippen LogP) is 2.69. The molecule has 1 amide bonds. The Morgan fingerprint density at radius 2 is 2.10 bits per heavy atom. The fourth-order valence-corrected chi connectivity index (χ4v) is 3.39. The summed E-state index contributed by atoms with van der Waals surface area (Å²) in [6, 6.07) is 0. The molecule has 2 aliphatic rings. The first-order valence-electron chi connectivity index (χ1n) is 7.71. The SMILES string of the molecule is CCCc1nn(C)c2c1NC(=O)C1(CCC(C)CC1)N2. The van der Waals surface area contributed by atoms with Crippen molar-refractivity contribution in [3.05, 3.63) is 5.69 Å². The summed E-state index contributed by atoms with van der Waals surface area (Å²) in [5, 5.41) is 11.2. The van der Waals surface area contributed by atoms with E-state index < -0.39 is 5.54 Å². The maximum atomic E-state index is 12.6. The average Bonchev–Trinajstić information content (AvgIpc) is 2.71. The van der Waals surface area contributed by atoms with Gasteiger partial charge in [-0.05, 0) is 38.0 Å². The monoisotopic (exact) mass is 276 g/mol. The van der Waals surface area contributed by atoms with Gasteiger partial charge < -0.3 is 10.6 Å². The number of carbonyl (C=O) groups excluding carboxylic acids is 1. The molecule has 1 aromatic rings. The molecule has 110 valence electrons. The molecule has 5 heteroatoms. The van der Waals surface area contributed by atoms with Gasteiger partial charge in [0, 0.05) is 7.05 Å². The van der Waals surface area contributed by atoms with Gasteiger partial charge in [0.25, 0.3) is 0 Å². The summed E-state index contributed by atoms with van der Waals surface area (Å²) in [5.74, 6) is 1.82. The van der Waals surface area contributed by atoms with Gasteiger partial charge >= 0.3 is 0 Å². The van der Waals surface area contributed by atoms with Gasteiger partial charge in [0.05, 0.1) is 5.69 Å². The molecule has 0 saturated heterocycles. The number of fused-ring (bicyclic) bond motifs is 1. The maximum absolute atomic E-state index is 12.6. The van der Waals surface area contributed by atoms with E-state index in [0.717, 1.165) is 61.6 Å². The average molecular weight is 276 g/mol. The summed E-state index contributed by atoms with van der Waals surface area (Å²) in [6.07, 6.45) is 5.96. The van der Waals surface area contributed by atoms with E-state index in [-0.39, 0.29) is 5.91 Å². The second kappa shape index (κ2) is 4.79. The van der Waals surface area contributed by atoms with Gasteiger partial charge in [-0.2, -0.15) is 5.10 Å². The van der Waals surface area contributed by atoms with Crippen molar-refractivity contribution in [1.29, 1.82) is 0 Å². The zero-order valence-corrected chi connectivity index (χ0v) is 12.6. The summed E-state index contributed by atoms with van der Waals surface area (Å²) in [6.45, 7) is 4.39. The van der Waals surface area contributed by atoms with Crippen LogP contribution in [0.2, 0.25) is 0 Å². The number of hydrogen-bond acceptors (Lipinski definition) is 3. The number of aryl methyl sites for hydroxylation is 2. The van der Waals surface area contributed by atoms with E-state index in [4.69, 9.17) is 0 Å². The van der Waals surface area contributed by atoms with Gasteiger partial charge in [-0.1, -0.05) is 20.3 Å². The van der Waals surface area contributed by atoms with Gasteiger partial charge in [-0.25, -0.2) is 0 Å². The number of aromatic nitrogens is 2. The van der Waals surface area contributed by atoms with Gasteiger partial charge in [-0.3, -0.25) is 9.48 Å². The van der Waals surface area contributed by atoms with Crippen LogP contribution in [0, 0.1) is 5.92 Å². The lowest BCUT2D eigenvalue weighted by molar-refractivity contribution is -0.121. The molecule has 0 atom stereocenters. The fourth-order valence-electron chi connectivity index (χ4n) is 3.39. The van der Waals surface area contributed by atoms with Crippen molar-refractivity contribution in [3.63, 3.8) is 0 Å². The van der Waals surface area contributed by atoms with Gasteiger partial charge in [-0.15, -0.1) is 0 Å². The first-order chi connectivity index (χ1) is 9.55. The quantitative estimate of drug-likeness (QED) is 0.873. The standard InChI is InChI=1S/C15H24N4O/c1-4-5-11-12-13(19(3)18-11)17-15(14(20)16-12)8-6-10(2)7-9-15/h10,17H,4-9H2,1-3H3,(H,16,20). The fraction of sp³-hybridized carbons (Fsp3) is 0.733. The minimum atomic E-state index is -0.420. The lowest BCUT2D eigenvalue weighted by Crippen LogP contribution is -2.54. The molecule has 1 saturated carbocycles. The van der Waals surface area contributed by atoms with Crippen molar-refractivity contribution < 1.29 is 4.79 Å². The third kappa shape index (κ3) is 2.00. The molecule has 5 nitrogen and oxygen atoms in total. The number of nitrogens with one attached hydrogen (secondary N) is 2. The molecule has 1 fully saturated rings. The molecule has 0 unspecified atom stereocenters. The van der Waals surface area contributed by atoms with Crippen molar-refractivity contribution >= 4 is 17.4 Å². The number of amides is 1. The smallest absolute Gasteiger partial charge is 0.250 e. The lowest BCUT2D eigenvalue weighted by Gasteiger charge is -2.42. The molecule has 0 radical (unpaired) electrons. The molecule has 1 spiro atoms. The summed E-state index contributed by atoms with van der Waals surface area (Å²) in [5.41, 5.74) is 1.46. The molecule has 0 bridgehead atoms. The summed E-state index contributed by atoms with van der Waals surface area (Å²) in [4.78, 5) is 12.6. The molecule has 20 heavy (non-hydrogen) atoms. The van der Waals surface area contributed by atoms with Crippen molar-refractivity contribution in [2.75, 3.05) is 10.6 Å². The Balaban J connectivity index is 1.93.